The first-order valence-electron chi connectivity index (χ1n) is 13.1. The van der Waals surface area contributed by atoms with Crippen molar-refractivity contribution < 1.29 is 22.7 Å². The lowest BCUT2D eigenvalue weighted by Gasteiger charge is -2.36. The normalized spacial score (nSPS) is 14.6. The fourth-order valence-electron chi connectivity index (χ4n) is 5.01. The number of imidazole rings is 1. The average molecular weight is 570 g/mol. The van der Waals surface area contributed by atoms with Crippen LogP contribution in [0.5, 0.6) is 5.75 Å². The number of piperazine rings is 1. The van der Waals surface area contributed by atoms with E-state index in [0.29, 0.717) is 30.1 Å². The standard InChI is InChI=1S/C26H29F2N9O4/c1-39-15-16-40-18-6-4-17(5-7-18)34-11-8-33(9-12-34)10-13-35-22-20(36(24(27)28)26(35)38)23-30-21(19-3-2-14-41-19)32-37(23)25(29)31-22/h2-7,14,24H,8-13,15-16H2,1H3,(H2,29,31). The van der Waals surface area contributed by atoms with Crippen LogP contribution in [-0.2, 0) is 11.3 Å². The van der Waals surface area contributed by atoms with Gasteiger partial charge in [-0.15, -0.1) is 5.10 Å². The van der Waals surface area contributed by atoms with Crippen molar-refractivity contribution in [2.24, 2.45) is 0 Å². The Morgan fingerprint density at radius 3 is 2.49 bits per heavy atom. The molecule has 6 rings (SSSR count). The third-order valence-electron chi connectivity index (χ3n) is 7.11. The Morgan fingerprint density at radius 2 is 1.80 bits per heavy atom. The van der Waals surface area contributed by atoms with Gasteiger partial charge in [-0.05, 0) is 36.4 Å². The number of aromatic nitrogens is 6. The number of benzene rings is 1. The molecule has 13 nitrogen and oxygen atoms in total. The van der Waals surface area contributed by atoms with E-state index >= 15 is 0 Å². The lowest BCUT2D eigenvalue weighted by atomic mass is 10.2. The van der Waals surface area contributed by atoms with E-state index in [-0.39, 0.29) is 35.1 Å². The molecule has 1 aliphatic heterocycles. The predicted octanol–water partition coefficient (Wildman–Crippen LogP) is 2.33. The van der Waals surface area contributed by atoms with Crippen LogP contribution in [0.4, 0.5) is 20.4 Å². The zero-order valence-corrected chi connectivity index (χ0v) is 22.3. The summed E-state index contributed by atoms with van der Waals surface area (Å²) >= 11 is 0. The van der Waals surface area contributed by atoms with Crippen LogP contribution in [0.25, 0.3) is 28.4 Å². The number of hydrogen-bond acceptors (Lipinski definition) is 10. The minimum absolute atomic E-state index is 0.00113. The molecule has 1 aromatic carbocycles. The second-order valence-corrected chi connectivity index (χ2v) is 9.54. The molecule has 216 valence electrons. The number of alkyl halides is 2. The van der Waals surface area contributed by atoms with Crippen molar-refractivity contribution in [3.63, 3.8) is 0 Å². The van der Waals surface area contributed by atoms with Gasteiger partial charge in [0.2, 0.25) is 11.8 Å². The largest absolute Gasteiger partial charge is 0.491 e. The minimum Gasteiger partial charge on any atom is -0.491 e. The molecular weight excluding hydrogens is 540 g/mol. The first-order chi connectivity index (χ1) is 19.9. The third kappa shape index (κ3) is 5.09. The topological polar surface area (TPSA) is 134 Å². The molecule has 41 heavy (non-hydrogen) atoms. The van der Waals surface area contributed by atoms with Crippen molar-refractivity contribution in [2.45, 2.75) is 13.1 Å². The van der Waals surface area contributed by atoms with Gasteiger partial charge in [0.05, 0.1) is 12.9 Å². The molecule has 2 N–H and O–H groups in total. The van der Waals surface area contributed by atoms with E-state index < -0.39 is 12.2 Å². The maximum absolute atomic E-state index is 14.2. The quantitative estimate of drug-likeness (QED) is 0.250. The summed E-state index contributed by atoms with van der Waals surface area (Å²) in [5.74, 6) is 1.18. The van der Waals surface area contributed by atoms with Gasteiger partial charge in [0.1, 0.15) is 17.9 Å². The number of furan rings is 1. The number of hydrogen-bond donors (Lipinski definition) is 1. The highest BCUT2D eigenvalue weighted by atomic mass is 19.3. The number of anilines is 2. The van der Waals surface area contributed by atoms with Gasteiger partial charge in [0.15, 0.2) is 17.1 Å². The molecule has 0 radical (unpaired) electrons. The molecule has 1 aliphatic rings. The monoisotopic (exact) mass is 569 g/mol. The van der Waals surface area contributed by atoms with Gasteiger partial charge in [-0.2, -0.15) is 18.3 Å². The van der Waals surface area contributed by atoms with Crippen LogP contribution < -0.4 is 21.1 Å². The number of rotatable bonds is 10. The van der Waals surface area contributed by atoms with Crippen molar-refractivity contribution in [1.82, 2.24) is 33.6 Å². The molecule has 0 atom stereocenters. The van der Waals surface area contributed by atoms with Crippen LogP contribution in [-0.4, -0.2) is 86.7 Å². The van der Waals surface area contributed by atoms with Crippen LogP contribution in [0.1, 0.15) is 6.55 Å². The lowest BCUT2D eigenvalue weighted by Crippen LogP contribution is -2.47. The summed E-state index contributed by atoms with van der Waals surface area (Å²) in [5, 5.41) is 4.25. The predicted molar refractivity (Wildman–Crippen MR) is 146 cm³/mol. The fourth-order valence-corrected chi connectivity index (χ4v) is 5.01. The molecule has 15 heteroatoms. The van der Waals surface area contributed by atoms with Gasteiger partial charge in [0.25, 0.3) is 0 Å². The van der Waals surface area contributed by atoms with Gasteiger partial charge in [-0.25, -0.2) is 14.3 Å². The molecule has 0 saturated carbocycles. The Kier molecular flexibility index (Phi) is 7.28. The summed E-state index contributed by atoms with van der Waals surface area (Å²) in [6, 6.07) is 11.2. The van der Waals surface area contributed by atoms with Crippen LogP contribution in [0, 0.1) is 0 Å². The number of nitrogen functional groups attached to an aromatic ring is 1. The highest BCUT2D eigenvalue weighted by Crippen LogP contribution is 2.26. The first kappa shape index (κ1) is 26.7. The van der Waals surface area contributed by atoms with Crippen LogP contribution in [0.2, 0.25) is 0 Å². The Morgan fingerprint density at radius 1 is 1.02 bits per heavy atom. The molecular formula is C26H29F2N9O4. The molecule has 1 fully saturated rings. The molecule has 5 heterocycles. The number of nitrogens with zero attached hydrogens (tertiary/aromatic N) is 8. The molecule has 1 saturated heterocycles. The van der Waals surface area contributed by atoms with E-state index in [2.05, 4.69) is 24.9 Å². The van der Waals surface area contributed by atoms with Crippen molar-refractivity contribution in [2.75, 3.05) is 63.7 Å². The Balaban J connectivity index is 1.19. The first-order valence-corrected chi connectivity index (χ1v) is 13.1. The van der Waals surface area contributed by atoms with E-state index in [1.54, 1.807) is 19.2 Å². The zero-order valence-electron chi connectivity index (χ0n) is 22.3. The van der Waals surface area contributed by atoms with Crippen LogP contribution >= 0.6 is 0 Å². The van der Waals surface area contributed by atoms with E-state index in [0.717, 1.165) is 42.1 Å². The summed E-state index contributed by atoms with van der Waals surface area (Å²) in [5.41, 5.74) is 6.22. The molecule has 0 spiro atoms. The number of ether oxygens (including phenoxy) is 2. The second kappa shape index (κ2) is 11.2. The van der Waals surface area contributed by atoms with Gasteiger partial charge < -0.3 is 24.5 Å². The summed E-state index contributed by atoms with van der Waals surface area (Å²) in [7, 11) is 1.63. The highest BCUT2D eigenvalue weighted by Gasteiger charge is 2.27. The van der Waals surface area contributed by atoms with Gasteiger partial charge in [0, 0.05) is 52.1 Å². The summed E-state index contributed by atoms with van der Waals surface area (Å²) in [6.45, 7) is 1.58. The van der Waals surface area contributed by atoms with Crippen molar-refractivity contribution in [3.05, 3.63) is 53.1 Å². The van der Waals surface area contributed by atoms with Crippen molar-refractivity contribution in [1.29, 1.82) is 0 Å². The minimum atomic E-state index is -3.11. The molecule has 0 aliphatic carbocycles. The molecule has 5 aromatic rings. The smallest absolute Gasteiger partial charge is 0.334 e. The highest BCUT2D eigenvalue weighted by molar-refractivity contribution is 5.88. The Bertz CT molecular complexity index is 1690. The van der Waals surface area contributed by atoms with Crippen molar-refractivity contribution >= 4 is 28.4 Å². The molecule has 0 amide bonds. The number of methoxy groups -OCH3 is 1. The number of nitrogens with two attached hydrogens (primary N) is 1. The van der Waals surface area contributed by atoms with Gasteiger partial charge in [-0.3, -0.25) is 9.47 Å². The zero-order chi connectivity index (χ0) is 28.5. The third-order valence-corrected chi connectivity index (χ3v) is 7.11. The van der Waals surface area contributed by atoms with Gasteiger partial charge in [-0.1, -0.05) is 0 Å². The summed E-state index contributed by atoms with van der Waals surface area (Å²) in [6.07, 6.45) is 1.44. The van der Waals surface area contributed by atoms with Crippen LogP contribution in [0.15, 0.2) is 51.9 Å². The van der Waals surface area contributed by atoms with E-state index in [4.69, 9.17) is 19.6 Å². The van der Waals surface area contributed by atoms with Gasteiger partial charge >= 0.3 is 12.2 Å². The maximum Gasteiger partial charge on any atom is 0.334 e. The molecule has 0 unspecified atom stereocenters. The number of halogens is 2. The molecule has 4 aromatic heterocycles. The van der Waals surface area contributed by atoms with Crippen molar-refractivity contribution in [3.8, 4) is 17.3 Å². The fraction of sp³-hybridized carbons (Fsp3) is 0.385. The average Bonchev–Trinajstić information content (AvgIpc) is 3.71. The molecule has 0 bridgehead atoms. The Hall–Kier alpha value is -4.50. The summed E-state index contributed by atoms with van der Waals surface area (Å²) in [4.78, 5) is 26.3. The SMILES string of the molecule is COCCOc1ccc(N2CCN(CCn3c(=O)n(C(F)F)c4c3nc(N)n3nc(-c5ccco5)nc43)CC2)cc1. The second-order valence-electron chi connectivity index (χ2n) is 9.54. The Labute approximate surface area is 232 Å². The van der Waals surface area contributed by atoms with E-state index in [1.807, 2.05) is 24.3 Å². The number of fused-ring (bicyclic) bond motifs is 3. The lowest BCUT2D eigenvalue weighted by molar-refractivity contribution is 0.0702. The summed E-state index contributed by atoms with van der Waals surface area (Å²) < 4.78 is 47.1. The van der Waals surface area contributed by atoms with Crippen LogP contribution in [0.3, 0.4) is 0 Å². The van der Waals surface area contributed by atoms with E-state index in [1.165, 1.54) is 10.8 Å². The van der Waals surface area contributed by atoms with E-state index in [9.17, 15) is 13.6 Å². The maximum atomic E-state index is 14.2.